The standard InChI is InChI=1S/C13H11BrN2O3S/c1-8-13(9(2)19-15-8)20(17,18)16-6-5-10-7-11(14)3-4-12(10)16/h3-7H,1-2H3. The van der Waals surface area contributed by atoms with E-state index in [4.69, 9.17) is 4.52 Å². The smallest absolute Gasteiger partial charge is 0.273 e. The predicted molar refractivity (Wildman–Crippen MR) is 78.2 cm³/mol. The minimum atomic E-state index is -3.71. The minimum Gasteiger partial charge on any atom is -0.360 e. The molecule has 0 unspecified atom stereocenters. The van der Waals surface area contributed by atoms with Gasteiger partial charge in [0.15, 0.2) is 10.7 Å². The summed E-state index contributed by atoms with van der Waals surface area (Å²) in [5, 5.41) is 4.55. The Hall–Kier alpha value is -1.60. The summed E-state index contributed by atoms with van der Waals surface area (Å²) in [6.45, 7) is 3.21. The fourth-order valence-electron chi connectivity index (χ4n) is 2.24. The van der Waals surface area contributed by atoms with E-state index in [2.05, 4.69) is 21.1 Å². The van der Waals surface area contributed by atoms with Gasteiger partial charge in [0.25, 0.3) is 10.0 Å². The molecule has 3 aromatic rings. The maximum atomic E-state index is 12.7. The lowest BCUT2D eigenvalue weighted by molar-refractivity contribution is 0.390. The average Bonchev–Trinajstić information content (AvgIpc) is 2.93. The minimum absolute atomic E-state index is 0.123. The number of nitrogens with zero attached hydrogens (tertiary/aromatic N) is 2. The molecule has 1 aromatic carbocycles. The molecular weight excluding hydrogens is 344 g/mol. The molecule has 0 N–H and O–H groups in total. The summed E-state index contributed by atoms with van der Waals surface area (Å²) in [5.41, 5.74) is 0.981. The largest absolute Gasteiger partial charge is 0.360 e. The van der Waals surface area contributed by atoms with Gasteiger partial charge in [0.1, 0.15) is 5.69 Å². The van der Waals surface area contributed by atoms with Crippen molar-refractivity contribution in [1.82, 2.24) is 9.13 Å². The molecule has 2 aromatic heterocycles. The normalized spacial score (nSPS) is 12.2. The second-order valence-electron chi connectivity index (χ2n) is 4.47. The van der Waals surface area contributed by atoms with Crippen molar-refractivity contribution in [3.8, 4) is 0 Å². The molecule has 2 heterocycles. The Bertz CT molecular complexity index is 889. The average molecular weight is 355 g/mol. The zero-order valence-electron chi connectivity index (χ0n) is 10.8. The van der Waals surface area contributed by atoms with Crippen LogP contribution in [0.5, 0.6) is 0 Å². The molecule has 0 saturated heterocycles. The van der Waals surface area contributed by atoms with Crippen LogP contribution in [0.2, 0.25) is 0 Å². The van der Waals surface area contributed by atoms with Crippen molar-refractivity contribution in [2.75, 3.05) is 0 Å². The quantitative estimate of drug-likeness (QED) is 0.708. The number of rotatable bonds is 2. The molecule has 0 radical (unpaired) electrons. The molecule has 0 saturated carbocycles. The third-order valence-corrected chi connectivity index (χ3v) is 5.53. The first kappa shape index (κ1) is 13.4. The van der Waals surface area contributed by atoms with E-state index in [1.54, 1.807) is 32.2 Å². The van der Waals surface area contributed by atoms with E-state index in [1.807, 2.05) is 12.1 Å². The van der Waals surface area contributed by atoms with Crippen LogP contribution < -0.4 is 0 Å². The summed E-state index contributed by atoms with van der Waals surface area (Å²) in [6, 6.07) is 7.20. The number of fused-ring (bicyclic) bond motifs is 1. The number of benzene rings is 1. The van der Waals surface area contributed by atoms with Crippen LogP contribution in [0.3, 0.4) is 0 Å². The zero-order valence-corrected chi connectivity index (χ0v) is 13.2. The molecule has 20 heavy (non-hydrogen) atoms. The number of hydrogen-bond donors (Lipinski definition) is 0. The predicted octanol–water partition coefficient (Wildman–Crippen LogP) is 3.25. The van der Waals surface area contributed by atoms with Crippen LogP contribution in [0.15, 0.2) is 44.4 Å². The van der Waals surface area contributed by atoms with E-state index in [0.717, 1.165) is 9.86 Å². The van der Waals surface area contributed by atoms with Gasteiger partial charge < -0.3 is 4.52 Å². The van der Waals surface area contributed by atoms with Crippen molar-refractivity contribution < 1.29 is 12.9 Å². The Labute approximate surface area is 124 Å². The molecule has 0 aliphatic heterocycles. The highest BCUT2D eigenvalue weighted by atomic mass is 79.9. The van der Waals surface area contributed by atoms with Gasteiger partial charge in [-0.15, -0.1) is 0 Å². The Balaban J connectivity index is 2.30. The van der Waals surface area contributed by atoms with Crippen molar-refractivity contribution in [2.45, 2.75) is 18.7 Å². The van der Waals surface area contributed by atoms with Gasteiger partial charge in [-0.05, 0) is 38.1 Å². The van der Waals surface area contributed by atoms with Crippen LogP contribution in [0.4, 0.5) is 0 Å². The van der Waals surface area contributed by atoms with E-state index >= 15 is 0 Å². The van der Waals surface area contributed by atoms with Gasteiger partial charge in [0, 0.05) is 16.1 Å². The van der Waals surface area contributed by atoms with Gasteiger partial charge in [-0.2, -0.15) is 0 Å². The van der Waals surface area contributed by atoms with Gasteiger partial charge >= 0.3 is 0 Å². The Morgan fingerprint density at radius 3 is 2.65 bits per heavy atom. The van der Waals surface area contributed by atoms with Crippen molar-refractivity contribution in [2.24, 2.45) is 0 Å². The van der Waals surface area contributed by atoms with E-state index in [-0.39, 0.29) is 4.90 Å². The van der Waals surface area contributed by atoms with E-state index in [1.165, 1.54) is 3.97 Å². The third kappa shape index (κ3) is 1.89. The first-order valence-electron chi connectivity index (χ1n) is 5.86. The van der Waals surface area contributed by atoms with Crippen LogP contribution in [0.1, 0.15) is 11.5 Å². The van der Waals surface area contributed by atoms with Crippen LogP contribution >= 0.6 is 15.9 Å². The summed E-state index contributed by atoms with van der Waals surface area (Å²) >= 11 is 3.37. The molecule has 0 aliphatic rings. The van der Waals surface area contributed by atoms with Gasteiger partial charge in [0.05, 0.1) is 5.52 Å². The van der Waals surface area contributed by atoms with Crippen LogP contribution in [0, 0.1) is 13.8 Å². The van der Waals surface area contributed by atoms with Crippen LogP contribution in [-0.2, 0) is 10.0 Å². The first-order valence-corrected chi connectivity index (χ1v) is 8.09. The van der Waals surface area contributed by atoms with E-state index in [9.17, 15) is 8.42 Å². The summed E-state index contributed by atoms with van der Waals surface area (Å²) < 4.78 is 32.6. The topological polar surface area (TPSA) is 65.1 Å². The molecule has 0 bridgehead atoms. The highest BCUT2D eigenvalue weighted by molar-refractivity contribution is 9.10. The molecule has 3 rings (SSSR count). The lowest BCUT2D eigenvalue weighted by Gasteiger charge is -2.06. The molecule has 0 atom stereocenters. The molecule has 5 nitrogen and oxygen atoms in total. The van der Waals surface area contributed by atoms with Gasteiger partial charge in [-0.3, -0.25) is 0 Å². The second-order valence-corrected chi connectivity index (χ2v) is 7.14. The number of aromatic nitrogens is 2. The number of halogens is 1. The molecule has 0 fully saturated rings. The summed E-state index contributed by atoms with van der Waals surface area (Å²) in [5.74, 6) is 0.293. The van der Waals surface area contributed by atoms with Crippen molar-refractivity contribution in [3.05, 3.63) is 46.4 Å². The summed E-state index contributed by atoms with van der Waals surface area (Å²) in [7, 11) is -3.71. The molecule has 0 aliphatic carbocycles. The van der Waals surface area contributed by atoms with Crippen LogP contribution in [-0.4, -0.2) is 17.5 Å². The lowest BCUT2D eigenvalue weighted by Crippen LogP contribution is -2.13. The zero-order chi connectivity index (χ0) is 14.5. The monoisotopic (exact) mass is 354 g/mol. The van der Waals surface area contributed by atoms with Crippen LogP contribution in [0.25, 0.3) is 10.9 Å². The molecule has 0 spiro atoms. The fraction of sp³-hybridized carbons (Fsp3) is 0.154. The maximum Gasteiger partial charge on any atom is 0.273 e. The first-order chi connectivity index (χ1) is 9.41. The molecule has 7 heteroatoms. The van der Waals surface area contributed by atoms with Gasteiger partial charge in [0.2, 0.25) is 0 Å². The number of hydrogen-bond acceptors (Lipinski definition) is 4. The lowest BCUT2D eigenvalue weighted by atomic mass is 10.3. The second kappa shape index (κ2) is 4.46. The van der Waals surface area contributed by atoms with E-state index in [0.29, 0.717) is 17.0 Å². The summed E-state index contributed by atoms with van der Waals surface area (Å²) in [4.78, 5) is 0.123. The van der Waals surface area contributed by atoms with Crippen molar-refractivity contribution in [1.29, 1.82) is 0 Å². The highest BCUT2D eigenvalue weighted by Crippen LogP contribution is 2.27. The highest BCUT2D eigenvalue weighted by Gasteiger charge is 2.26. The molecular formula is C13H11BrN2O3S. The van der Waals surface area contributed by atoms with Crippen molar-refractivity contribution >= 4 is 36.9 Å². The Morgan fingerprint density at radius 2 is 2.00 bits per heavy atom. The Morgan fingerprint density at radius 1 is 1.25 bits per heavy atom. The fourth-order valence-corrected chi connectivity index (χ4v) is 4.27. The molecule has 0 amide bonds. The number of aryl methyl sites for hydroxylation is 2. The third-order valence-electron chi connectivity index (χ3n) is 3.10. The SMILES string of the molecule is Cc1noc(C)c1S(=O)(=O)n1ccc2cc(Br)ccc21. The van der Waals surface area contributed by atoms with Gasteiger partial charge in [-0.1, -0.05) is 21.1 Å². The van der Waals surface area contributed by atoms with E-state index < -0.39 is 10.0 Å². The maximum absolute atomic E-state index is 12.7. The summed E-state index contributed by atoms with van der Waals surface area (Å²) in [6.07, 6.45) is 1.54. The Kier molecular flexibility index (Phi) is 2.98. The van der Waals surface area contributed by atoms with Gasteiger partial charge in [-0.25, -0.2) is 12.4 Å². The van der Waals surface area contributed by atoms with Crippen molar-refractivity contribution in [3.63, 3.8) is 0 Å². The molecule has 104 valence electrons.